The Bertz CT molecular complexity index is 817. The summed E-state index contributed by atoms with van der Waals surface area (Å²) in [7, 11) is 1.59. The molecular weight excluding hydrogens is 336 g/mol. The molecule has 0 spiro atoms. The lowest BCUT2D eigenvalue weighted by Crippen LogP contribution is -2.15. The highest BCUT2D eigenvalue weighted by atomic mass is 32.1. The Kier molecular flexibility index (Phi) is 5.64. The zero-order valence-electron chi connectivity index (χ0n) is 13.8. The van der Waals surface area contributed by atoms with E-state index in [4.69, 9.17) is 9.47 Å². The maximum Gasteiger partial charge on any atom is 0.227 e. The van der Waals surface area contributed by atoms with Gasteiger partial charge in [-0.15, -0.1) is 11.3 Å². The van der Waals surface area contributed by atoms with Crippen LogP contribution in [0.25, 0.3) is 10.6 Å². The Hall–Kier alpha value is -2.86. The smallest absolute Gasteiger partial charge is 0.227 e. The number of thiazole rings is 1. The van der Waals surface area contributed by atoms with E-state index in [-0.39, 0.29) is 18.9 Å². The molecule has 0 aliphatic rings. The van der Waals surface area contributed by atoms with Gasteiger partial charge in [-0.3, -0.25) is 4.79 Å². The van der Waals surface area contributed by atoms with E-state index in [1.165, 1.54) is 0 Å². The summed E-state index contributed by atoms with van der Waals surface area (Å²) in [6.07, 6.45) is 2.03. The van der Waals surface area contributed by atoms with Crippen molar-refractivity contribution in [3.05, 3.63) is 60.1 Å². The molecule has 1 aromatic heterocycles. The molecule has 25 heavy (non-hydrogen) atoms. The molecule has 0 saturated carbocycles. The molecule has 3 aromatic rings. The molecule has 0 atom stereocenters. The van der Waals surface area contributed by atoms with Crippen molar-refractivity contribution >= 4 is 22.9 Å². The molecule has 1 heterocycles. The number of ether oxygens (including phenoxy) is 2. The number of rotatable bonds is 7. The van der Waals surface area contributed by atoms with E-state index in [1.807, 2.05) is 53.9 Å². The van der Waals surface area contributed by atoms with Gasteiger partial charge < -0.3 is 14.8 Å². The second-order valence-corrected chi connectivity index (χ2v) is 6.11. The SMILES string of the molecule is COc1ccccc1OCCC(=O)Nc1ccc(-c2nccs2)cc1. The topological polar surface area (TPSA) is 60.5 Å². The Labute approximate surface area is 150 Å². The van der Waals surface area contributed by atoms with Gasteiger partial charge >= 0.3 is 0 Å². The summed E-state index contributed by atoms with van der Waals surface area (Å²) in [5.41, 5.74) is 1.79. The van der Waals surface area contributed by atoms with Crippen LogP contribution in [0.5, 0.6) is 11.5 Å². The molecule has 2 aromatic carbocycles. The predicted molar refractivity (Wildman–Crippen MR) is 99.3 cm³/mol. The van der Waals surface area contributed by atoms with Crippen LogP contribution in [0.2, 0.25) is 0 Å². The van der Waals surface area contributed by atoms with Gasteiger partial charge in [-0.2, -0.15) is 0 Å². The highest BCUT2D eigenvalue weighted by molar-refractivity contribution is 7.13. The van der Waals surface area contributed by atoms with Crippen molar-refractivity contribution < 1.29 is 14.3 Å². The molecule has 0 aliphatic carbocycles. The van der Waals surface area contributed by atoms with Crippen LogP contribution in [0, 0.1) is 0 Å². The zero-order valence-corrected chi connectivity index (χ0v) is 14.6. The third-order valence-corrected chi connectivity index (χ3v) is 4.33. The Morgan fingerprint density at radius 3 is 2.56 bits per heavy atom. The average Bonchev–Trinajstić information content (AvgIpc) is 3.17. The minimum atomic E-state index is -0.100. The molecule has 5 nitrogen and oxygen atoms in total. The van der Waals surface area contributed by atoms with Gasteiger partial charge in [0.25, 0.3) is 0 Å². The molecule has 0 unspecified atom stereocenters. The molecule has 0 saturated heterocycles. The summed E-state index contributed by atoms with van der Waals surface area (Å²) in [5, 5.41) is 5.76. The number of para-hydroxylation sites is 2. The molecule has 0 bridgehead atoms. The summed E-state index contributed by atoms with van der Waals surface area (Å²) in [6, 6.07) is 15.0. The van der Waals surface area contributed by atoms with Gasteiger partial charge in [0.1, 0.15) is 5.01 Å². The molecule has 0 aliphatic heterocycles. The van der Waals surface area contributed by atoms with Crippen LogP contribution in [0.4, 0.5) is 5.69 Å². The first-order valence-electron chi connectivity index (χ1n) is 7.82. The van der Waals surface area contributed by atoms with Crippen molar-refractivity contribution in [3.63, 3.8) is 0 Å². The lowest BCUT2D eigenvalue weighted by molar-refractivity contribution is -0.116. The van der Waals surface area contributed by atoms with Crippen LogP contribution in [0.1, 0.15) is 6.42 Å². The first kappa shape index (κ1) is 17.0. The Morgan fingerprint density at radius 2 is 1.88 bits per heavy atom. The number of carbonyl (C=O) groups is 1. The zero-order chi connectivity index (χ0) is 17.5. The molecule has 128 valence electrons. The largest absolute Gasteiger partial charge is 0.493 e. The van der Waals surface area contributed by atoms with Crippen molar-refractivity contribution in [1.29, 1.82) is 0 Å². The van der Waals surface area contributed by atoms with Gasteiger partial charge in [0.05, 0.1) is 20.1 Å². The van der Waals surface area contributed by atoms with Crippen molar-refractivity contribution in [2.45, 2.75) is 6.42 Å². The second-order valence-electron chi connectivity index (χ2n) is 5.21. The first-order chi connectivity index (χ1) is 12.3. The van der Waals surface area contributed by atoms with Crippen LogP contribution in [-0.4, -0.2) is 24.6 Å². The number of carbonyl (C=O) groups excluding carboxylic acids is 1. The molecule has 0 fully saturated rings. The van der Waals surface area contributed by atoms with Gasteiger partial charge in [0.15, 0.2) is 11.5 Å². The maximum atomic E-state index is 12.0. The second kappa shape index (κ2) is 8.30. The van der Waals surface area contributed by atoms with E-state index >= 15 is 0 Å². The van der Waals surface area contributed by atoms with E-state index in [2.05, 4.69) is 10.3 Å². The van der Waals surface area contributed by atoms with Crippen LogP contribution in [0.3, 0.4) is 0 Å². The van der Waals surface area contributed by atoms with Crippen LogP contribution in [0.15, 0.2) is 60.1 Å². The van der Waals surface area contributed by atoms with Gasteiger partial charge in [-0.25, -0.2) is 4.98 Å². The minimum absolute atomic E-state index is 0.100. The number of amides is 1. The predicted octanol–water partition coefficient (Wildman–Crippen LogP) is 4.23. The van der Waals surface area contributed by atoms with Gasteiger partial charge in [-0.05, 0) is 36.4 Å². The van der Waals surface area contributed by atoms with Crippen LogP contribution >= 0.6 is 11.3 Å². The van der Waals surface area contributed by atoms with Gasteiger partial charge in [0, 0.05) is 22.8 Å². The number of anilines is 1. The molecule has 1 amide bonds. The summed E-state index contributed by atoms with van der Waals surface area (Å²) in [4.78, 5) is 16.3. The highest BCUT2D eigenvalue weighted by Crippen LogP contribution is 2.26. The standard InChI is InChI=1S/C19H18N2O3S/c1-23-16-4-2-3-5-17(16)24-12-10-18(22)21-15-8-6-14(7-9-15)19-20-11-13-25-19/h2-9,11,13H,10,12H2,1H3,(H,21,22). The Morgan fingerprint density at radius 1 is 1.12 bits per heavy atom. The summed E-state index contributed by atoms with van der Waals surface area (Å²) >= 11 is 1.58. The van der Waals surface area contributed by atoms with E-state index < -0.39 is 0 Å². The highest BCUT2D eigenvalue weighted by Gasteiger charge is 2.07. The normalized spacial score (nSPS) is 10.3. The quantitative estimate of drug-likeness (QED) is 0.690. The van der Waals surface area contributed by atoms with Crippen molar-refractivity contribution in [3.8, 4) is 22.1 Å². The third-order valence-electron chi connectivity index (χ3n) is 3.50. The van der Waals surface area contributed by atoms with Crippen LogP contribution < -0.4 is 14.8 Å². The molecule has 6 heteroatoms. The number of methoxy groups -OCH3 is 1. The number of benzene rings is 2. The first-order valence-corrected chi connectivity index (χ1v) is 8.70. The fourth-order valence-corrected chi connectivity index (χ4v) is 2.92. The number of hydrogen-bond donors (Lipinski definition) is 1. The Balaban J connectivity index is 1.49. The van der Waals surface area contributed by atoms with Crippen molar-refractivity contribution in [1.82, 2.24) is 4.98 Å². The van der Waals surface area contributed by atoms with Crippen LogP contribution in [-0.2, 0) is 4.79 Å². The molecular formula is C19H18N2O3S. The van der Waals surface area contributed by atoms with Gasteiger partial charge in [0.2, 0.25) is 5.91 Å². The third kappa shape index (κ3) is 4.58. The monoisotopic (exact) mass is 354 g/mol. The maximum absolute atomic E-state index is 12.0. The fraction of sp³-hybridized carbons (Fsp3) is 0.158. The number of nitrogens with zero attached hydrogens (tertiary/aromatic N) is 1. The lowest BCUT2D eigenvalue weighted by atomic mass is 10.2. The lowest BCUT2D eigenvalue weighted by Gasteiger charge is -2.10. The summed E-state index contributed by atoms with van der Waals surface area (Å²) in [5.74, 6) is 1.18. The number of nitrogens with one attached hydrogen (secondary N) is 1. The minimum Gasteiger partial charge on any atom is -0.493 e. The van der Waals surface area contributed by atoms with Gasteiger partial charge in [-0.1, -0.05) is 12.1 Å². The van der Waals surface area contributed by atoms with Crippen molar-refractivity contribution in [2.24, 2.45) is 0 Å². The summed E-state index contributed by atoms with van der Waals surface area (Å²) < 4.78 is 10.8. The number of hydrogen-bond acceptors (Lipinski definition) is 5. The molecule has 0 radical (unpaired) electrons. The molecule has 3 rings (SSSR count). The number of aromatic nitrogens is 1. The van der Waals surface area contributed by atoms with E-state index in [0.29, 0.717) is 11.5 Å². The summed E-state index contributed by atoms with van der Waals surface area (Å²) in [6.45, 7) is 0.281. The average molecular weight is 354 g/mol. The van der Waals surface area contributed by atoms with E-state index in [0.717, 1.165) is 16.3 Å². The van der Waals surface area contributed by atoms with E-state index in [1.54, 1.807) is 24.6 Å². The van der Waals surface area contributed by atoms with E-state index in [9.17, 15) is 4.79 Å². The van der Waals surface area contributed by atoms with Crippen molar-refractivity contribution in [2.75, 3.05) is 19.0 Å². The fourth-order valence-electron chi connectivity index (χ4n) is 2.28. The molecule has 1 N–H and O–H groups in total.